The van der Waals surface area contributed by atoms with Gasteiger partial charge >= 0.3 is 5.97 Å². The minimum absolute atomic E-state index is 0.0886. The van der Waals surface area contributed by atoms with E-state index in [0.717, 1.165) is 38.5 Å². The van der Waals surface area contributed by atoms with Crippen LogP contribution >= 0.6 is 0 Å². The Morgan fingerprint density at radius 1 is 0.397 bits per heavy atom. The number of unbranched alkanes of at least 4 members (excludes halogenated alkanes) is 41. The Labute approximate surface area is 394 Å². The Hall–Kier alpha value is -1.14. The lowest BCUT2D eigenvalue weighted by Gasteiger charge is -2.24. The average Bonchev–Trinajstić information content (AvgIpc) is 3.28. The van der Waals surface area contributed by atoms with E-state index >= 15 is 0 Å². The SMILES string of the molecule is CCCCCCCCCCCCCCCCCCC(CC(=O)NC(CO)C(O)CCCCCCCCCCCCCCC)OC(=O)CCCCCCCCCCCCCCCCC. The first-order valence-corrected chi connectivity index (χ1v) is 28.8. The first-order chi connectivity index (χ1) is 31.0. The molecule has 0 aromatic carbocycles. The van der Waals surface area contributed by atoms with Gasteiger partial charge in [0.1, 0.15) is 6.10 Å². The predicted molar refractivity (Wildman–Crippen MR) is 274 cm³/mol. The van der Waals surface area contributed by atoms with Crippen molar-refractivity contribution in [3.8, 4) is 0 Å². The topological polar surface area (TPSA) is 95.9 Å². The number of carbonyl (C=O) groups excluding carboxylic acids is 2. The molecule has 0 aliphatic carbocycles. The zero-order chi connectivity index (χ0) is 45.9. The predicted octanol–water partition coefficient (Wildman–Crippen LogP) is 17.5. The van der Waals surface area contributed by atoms with Gasteiger partial charge in [-0.25, -0.2) is 0 Å². The lowest BCUT2D eigenvalue weighted by atomic mass is 10.0. The van der Waals surface area contributed by atoms with Crippen LogP contribution in [0.5, 0.6) is 0 Å². The van der Waals surface area contributed by atoms with Gasteiger partial charge in [0.2, 0.25) is 5.91 Å². The van der Waals surface area contributed by atoms with Crippen molar-refractivity contribution in [2.24, 2.45) is 0 Å². The van der Waals surface area contributed by atoms with Gasteiger partial charge in [-0.15, -0.1) is 0 Å². The van der Waals surface area contributed by atoms with Gasteiger partial charge in [-0.05, 0) is 25.7 Å². The molecule has 0 fully saturated rings. The van der Waals surface area contributed by atoms with Gasteiger partial charge in [-0.1, -0.05) is 290 Å². The van der Waals surface area contributed by atoms with Crippen LogP contribution in [0.1, 0.15) is 329 Å². The zero-order valence-corrected chi connectivity index (χ0v) is 43.0. The van der Waals surface area contributed by atoms with Gasteiger partial charge in [0, 0.05) is 6.42 Å². The van der Waals surface area contributed by atoms with E-state index in [9.17, 15) is 19.8 Å². The van der Waals surface area contributed by atoms with E-state index in [-0.39, 0.29) is 24.9 Å². The second-order valence-electron chi connectivity index (χ2n) is 20.1. The van der Waals surface area contributed by atoms with Crippen LogP contribution in [-0.4, -0.2) is 46.9 Å². The summed E-state index contributed by atoms with van der Waals surface area (Å²) in [5.74, 6) is -0.445. The molecule has 0 saturated heterocycles. The van der Waals surface area contributed by atoms with Crippen molar-refractivity contribution < 1.29 is 24.5 Å². The molecule has 0 heterocycles. The molecular formula is C57H113NO5. The molecule has 63 heavy (non-hydrogen) atoms. The number of ether oxygens (including phenoxy) is 1. The van der Waals surface area contributed by atoms with Gasteiger partial charge < -0.3 is 20.3 Å². The van der Waals surface area contributed by atoms with E-state index in [1.54, 1.807) is 0 Å². The van der Waals surface area contributed by atoms with Crippen LogP contribution < -0.4 is 5.32 Å². The summed E-state index contributed by atoms with van der Waals surface area (Å²) in [6.45, 7) is 6.53. The lowest BCUT2D eigenvalue weighted by Crippen LogP contribution is -2.46. The second-order valence-corrected chi connectivity index (χ2v) is 20.1. The quantitative estimate of drug-likeness (QED) is 0.0418. The highest BCUT2D eigenvalue weighted by Crippen LogP contribution is 2.19. The molecule has 376 valence electrons. The van der Waals surface area contributed by atoms with Gasteiger partial charge in [-0.3, -0.25) is 9.59 Å². The normalized spacial score (nSPS) is 13.0. The molecule has 6 heteroatoms. The molecular weight excluding hydrogens is 779 g/mol. The first-order valence-electron chi connectivity index (χ1n) is 28.8. The van der Waals surface area contributed by atoms with Gasteiger partial charge in [0.25, 0.3) is 0 Å². The smallest absolute Gasteiger partial charge is 0.306 e. The van der Waals surface area contributed by atoms with Crippen molar-refractivity contribution >= 4 is 11.9 Å². The number of rotatable bonds is 53. The van der Waals surface area contributed by atoms with E-state index in [1.807, 2.05) is 0 Å². The van der Waals surface area contributed by atoms with Gasteiger partial charge in [0.15, 0.2) is 0 Å². The van der Waals surface area contributed by atoms with E-state index in [0.29, 0.717) is 19.3 Å². The largest absolute Gasteiger partial charge is 0.462 e. The lowest BCUT2D eigenvalue weighted by molar-refractivity contribution is -0.151. The molecule has 0 aromatic heterocycles. The fourth-order valence-electron chi connectivity index (χ4n) is 9.32. The maximum atomic E-state index is 13.3. The van der Waals surface area contributed by atoms with Crippen LogP contribution in [0.25, 0.3) is 0 Å². The summed E-state index contributed by atoms with van der Waals surface area (Å²) in [6.07, 6.45) is 57.4. The molecule has 0 aliphatic heterocycles. The number of aliphatic hydroxyl groups excluding tert-OH is 2. The molecule has 6 nitrogen and oxygen atoms in total. The number of hydrogen-bond acceptors (Lipinski definition) is 5. The number of nitrogens with one attached hydrogen (secondary N) is 1. The summed E-state index contributed by atoms with van der Waals surface area (Å²) in [4.78, 5) is 26.2. The van der Waals surface area contributed by atoms with Crippen LogP contribution in [-0.2, 0) is 14.3 Å². The maximum absolute atomic E-state index is 13.3. The monoisotopic (exact) mass is 892 g/mol. The molecule has 0 radical (unpaired) electrons. The fraction of sp³-hybridized carbons (Fsp3) is 0.965. The molecule has 3 atom stereocenters. The molecule has 3 unspecified atom stereocenters. The molecule has 1 amide bonds. The Morgan fingerprint density at radius 2 is 0.667 bits per heavy atom. The minimum atomic E-state index is -0.780. The third kappa shape index (κ3) is 47.2. The summed E-state index contributed by atoms with van der Waals surface area (Å²) in [5.41, 5.74) is 0. The van der Waals surface area contributed by atoms with Crippen LogP contribution in [0.15, 0.2) is 0 Å². The summed E-state index contributed by atoms with van der Waals surface area (Å²) in [6, 6.07) is -0.693. The Balaban J connectivity index is 4.50. The highest BCUT2D eigenvalue weighted by Gasteiger charge is 2.24. The van der Waals surface area contributed by atoms with Crippen LogP contribution in [0.4, 0.5) is 0 Å². The number of esters is 1. The number of aliphatic hydroxyl groups is 2. The standard InChI is InChI=1S/C57H113NO5/c1-4-7-10-13-16-19-22-25-27-29-31-33-36-39-42-45-48-53(63-57(62)50-47-44-41-38-35-32-28-26-23-20-17-14-11-8-5-2)51-56(61)58-54(52-59)55(60)49-46-43-40-37-34-30-24-21-18-15-12-9-6-3/h53-55,59-60H,4-52H2,1-3H3,(H,58,61). The Bertz CT molecular complexity index is 913. The third-order valence-corrected chi connectivity index (χ3v) is 13.7. The molecule has 0 aliphatic rings. The number of carbonyl (C=O) groups is 2. The van der Waals surface area contributed by atoms with E-state index in [1.165, 1.54) is 244 Å². The highest BCUT2D eigenvalue weighted by atomic mass is 16.5. The van der Waals surface area contributed by atoms with Gasteiger partial charge in [0.05, 0.1) is 25.2 Å². The van der Waals surface area contributed by atoms with Crippen molar-refractivity contribution in [2.75, 3.05) is 6.61 Å². The fourth-order valence-corrected chi connectivity index (χ4v) is 9.32. The molecule has 3 N–H and O–H groups in total. The minimum Gasteiger partial charge on any atom is -0.462 e. The molecule has 0 saturated carbocycles. The second kappa shape index (κ2) is 51.8. The summed E-state index contributed by atoms with van der Waals surface area (Å²) >= 11 is 0. The van der Waals surface area contributed by atoms with Crippen molar-refractivity contribution in [2.45, 2.75) is 347 Å². The van der Waals surface area contributed by atoms with Gasteiger partial charge in [-0.2, -0.15) is 0 Å². The Kier molecular flexibility index (Phi) is 50.9. The molecule has 0 spiro atoms. The van der Waals surface area contributed by atoms with Crippen molar-refractivity contribution in [1.29, 1.82) is 0 Å². The molecule has 0 rings (SSSR count). The van der Waals surface area contributed by atoms with Crippen molar-refractivity contribution in [1.82, 2.24) is 5.32 Å². The maximum Gasteiger partial charge on any atom is 0.306 e. The van der Waals surface area contributed by atoms with E-state index < -0.39 is 18.2 Å². The van der Waals surface area contributed by atoms with Crippen LogP contribution in [0, 0.1) is 0 Å². The van der Waals surface area contributed by atoms with Crippen molar-refractivity contribution in [3.05, 3.63) is 0 Å². The summed E-state index contributed by atoms with van der Waals surface area (Å²) < 4.78 is 5.97. The summed E-state index contributed by atoms with van der Waals surface area (Å²) in [5, 5.41) is 23.9. The first kappa shape index (κ1) is 61.9. The molecule has 0 bridgehead atoms. The number of hydrogen-bond donors (Lipinski definition) is 3. The molecule has 0 aromatic rings. The van der Waals surface area contributed by atoms with Crippen LogP contribution in [0.2, 0.25) is 0 Å². The summed E-state index contributed by atoms with van der Waals surface area (Å²) in [7, 11) is 0. The zero-order valence-electron chi connectivity index (χ0n) is 43.0. The Morgan fingerprint density at radius 3 is 0.968 bits per heavy atom. The van der Waals surface area contributed by atoms with E-state index in [4.69, 9.17) is 4.74 Å². The van der Waals surface area contributed by atoms with Crippen molar-refractivity contribution in [3.63, 3.8) is 0 Å². The highest BCUT2D eigenvalue weighted by molar-refractivity contribution is 5.77. The van der Waals surface area contributed by atoms with Crippen LogP contribution in [0.3, 0.4) is 0 Å². The third-order valence-electron chi connectivity index (χ3n) is 13.7. The number of amides is 1. The average molecular weight is 893 g/mol. The van der Waals surface area contributed by atoms with E-state index in [2.05, 4.69) is 26.1 Å².